The van der Waals surface area contributed by atoms with Crippen molar-refractivity contribution in [1.82, 2.24) is 0 Å². The van der Waals surface area contributed by atoms with Crippen LogP contribution in [-0.4, -0.2) is 25.2 Å². The summed E-state index contributed by atoms with van der Waals surface area (Å²) in [5, 5.41) is 8.59. The number of benzene rings is 1. The lowest BCUT2D eigenvalue weighted by Gasteiger charge is -2.08. The molecule has 17 heavy (non-hydrogen) atoms. The molecule has 1 atom stereocenters. The van der Waals surface area contributed by atoms with Crippen molar-refractivity contribution in [2.75, 3.05) is 5.75 Å². The van der Waals surface area contributed by atoms with Gasteiger partial charge in [0.15, 0.2) is 9.84 Å². The maximum absolute atomic E-state index is 13.2. The molecule has 0 saturated carbocycles. The largest absolute Gasteiger partial charge is 0.481 e. The van der Waals surface area contributed by atoms with E-state index in [0.717, 1.165) is 12.1 Å². The van der Waals surface area contributed by atoms with E-state index in [2.05, 4.69) is 0 Å². The molecule has 0 aromatic heterocycles. The highest BCUT2D eigenvalue weighted by Crippen LogP contribution is 2.19. The molecule has 1 aromatic carbocycles. The second kappa shape index (κ2) is 4.79. The Kier molecular flexibility index (Phi) is 3.82. The van der Waals surface area contributed by atoms with Crippen LogP contribution in [0.2, 0.25) is 0 Å². The van der Waals surface area contributed by atoms with Crippen LogP contribution in [0, 0.1) is 17.6 Å². The zero-order chi connectivity index (χ0) is 13.2. The van der Waals surface area contributed by atoms with Crippen molar-refractivity contribution in [3.8, 4) is 0 Å². The summed E-state index contributed by atoms with van der Waals surface area (Å²) in [6.45, 7) is 1.20. The van der Waals surface area contributed by atoms with E-state index in [4.69, 9.17) is 5.11 Å². The molecule has 0 radical (unpaired) electrons. The van der Waals surface area contributed by atoms with Crippen LogP contribution in [-0.2, 0) is 14.6 Å². The van der Waals surface area contributed by atoms with Crippen LogP contribution < -0.4 is 0 Å². The van der Waals surface area contributed by atoms with Crippen molar-refractivity contribution in [1.29, 1.82) is 0 Å². The number of aliphatic carboxylic acids is 1. The molecule has 0 saturated heterocycles. The molecule has 0 aliphatic rings. The highest BCUT2D eigenvalue weighted by molar-refractivity contribution is 7.91. The Hall–Kier alpha value is -1.50. The van der Waals surface area contributed by atoms with Crippen LogP contribution in [0.3, 0.4) is 0 Å². The van der Waals surface area contributed by atoms with Crippen molar-refractivity contribution in [2.24, 2.45) is 5.92 Å². The Morgan fingerprint density at radius 2 is 2.00 bits per heavy atom. The molecule has 0 fully saturated rings. The minimum Gasteiger partial charge on any atom is -0.481 e. The lowest BCUT2D eigenvalue weighted by Crippen LogP contribution is -2.21. The van der Waals surface area contributed by atoms with Gasteiger partial charge < -0.3 is 5.11 Å². The molecule has 0 heterocycles. The Morgan fingerprint density at radius 1 is 1.41 bits per heavy atom. The number of halogens is 2. The van der Waals surface area contributed by atoms with Crippen LogP contribution >= 0.6 is 0 Å². The Bertz CT molecular complexity index is 539. The van der Waals surface area contributed by atoms with E-state index in [1.54, 1.807) is 0 Å². The number of carboxylic acid groups (broad SMARTS) is 1. The summed E-state index contributed by atoms with van der Waals surface area (Å²) in [5.74, 6) is -5.30. The van der Waals surface area contributed by atoms with Crippen LogP contribution in [0.1, 0.15) is 6.92 Å². The summed E-state index contributed by atoms with van der Waals surface area (Å²) >= 11 is 0. The van der Waals surface area contributed by atoms with Gasteiger partial charge in [-0.05, 0) is 12.1 Å². The summed E-state index contributed by atoms with van der Waals surface area (Å²) in [7, 11) is -4.07. The van der Waals surface area contributed by atoms with E-state index < -0.39 is 44.0 Å². The van der Waals surface area contributed by atoms with Gasteiger partial charge in [0.2, 0.25) is 0 Å². The average Bonchev–Trinajstić information content (AvgIpc) is 2.15. The molecule has 94 valence electrons. The first-order valence-electron chi connectivity index (χ1n) is 4.64. The van der Waals surface area contributed by atoms with Gasteiger partial charge in [-0.1, -0.05) is 6.92 Å². The molecule has 1 N–H and O–H groups in total. The summed E-state index contributed by atoms with van der Waals surface area (Å²) in [6.07, 6.45) is 0. The molecule has 1 unspecified atom stereocenters. The first kappa shape index (κ1) is 13.6. The molecule has 0 amide bonds. The van der Waals surface area contributed by atoms with Crippen molar-refractivity contribution in [3.05, 3.63) is 29.8 Å². The molecule has 0 bridgehead atoms. The third-order valence-electron chi connectivity index (χ3n) is 2.12. The lowest BCUT2D eigenvalue weighted by molar-refractivity contribution is -0.140. The molecule has 1 rings (SSSR count). The van der Waals surface area contributed by atoms with Gasteiger partial charge in [0.05, 0.1) is 11.7 Å². The summed E-state index contributed by atoms with van der Waals surface area (Å²) < 4.78 is 49.1. The van der Waals surface area contributed by atoms with E-state index in [1.807, 2.05) is 0 Å². The minimum absolute atomic E-state index is 0.443. The fraction of sp³-hybridized carbons (Fsp3) is 0.300. The molecule has 7 heteroatoms. The predicted octanol–water partition coefficient (Wildman–Crippen LogP) is 1.46. The van der Waals surface area contributed by atoms with E-state index in [0.29, 0.717) is 6.07 Å². The summed E-state index contributed by atoms with van der Waals surface area (Å²) in [5.41, 5.74) is 0. The first-order chi connectivity index (χ1) is 7.74. The van der Waals surface area contributed by atoms with Crippen molar-refractivity contribution in [3.63, 3.8) is 0 Å². The van der Waals surface area contributed by atoms with Gasteiger partial charge in [0.1, 0.15) is 16.5 Å². The fourth-order valence-corrected chi connectivity index (χ4v) is 2.83. The van der Waals surface area contributed by atoms with Gasteiger partial charge in [0.25, 0.3) is 0 Å². The normalized spacial score (nSPS) is 13.4. The van der Waals surface area contributed by atoms with Crippen LogP contribution in [0.15, 0.2) is 23.1 Å². The molecule has 0 spiro atoms. The number of hydrogen-bond acceptors (Lipinski definition) is 3. The molecular weight excluding hydrogens is 254 g/mol. The van der Waals surface area contributed by atoms with Crippen molar-refractivity contribution < 1.29 is 27.1 Å². The third-order valence-corrected chi connectivity index (χ3v) is 4.06. The number of carboxylic acids is 1. The van der Waals surface area contributed by atoms with Gasteiger partial charge in [-0.15, -0.1) is 0 Å². The highest BCUT2D eigenvalue weighted by atomic mass is 32.2. The van der Waals surface area contributed by atoms with E-state index >= 15 is 0 Å². The fourth-order valence-electron chi connectivity index (χ4n) is 1.22. The van der Waals surface area contributed by atoms with Crippen LogP contribution in [0.4, 0.5) is 8.78 Å². The number of sulfone groups is 1. The Labute approximate surface area is 96.8 Å². The molecule has 4 nitrogen and oxygen atoms in total. The van der Waals surface area contributed by atoms with E-state index in [9.17, 15) is 22.0 Å². The quantitative estimate of drug-likeness (QED) is 0.836. The van der Waals surface area contributed by atoms with Crippen molar-refractivity contribution in [2.45, 2.75) is 11.8 Å². The Balaban J connectivity index is 3.10. The number of rotatable bonds is 4. The highest BCUT2D eigenvalue weighted by Gasteiger charge is 2.25. The van der Waals surface area contributed by atoms with Crippen LogP contribution in [0.5, 0.6) is 0 Å². The third kappa shape index (κ3) is 3.23. The summed E-state index contributed by atoms with van der Waals surface area (Å²) in [6, 6.07) is 2.04. The smallest absolute Gasteiger partial charge is 0.307 e. The lowest BCUT2D eigenvalue weighted by atomic mass is 10.2. The monoisotopic (exact) mass is 264 g/mol. The first-order valence-corrected chi connectivity index (χ1v) is 6.30. The number of carbonyl (C=O) groups is 1. The van der Waals surface area contributed by atoms with Gasteiger partial charge in [-0.3, -0.25) is 4.79 Å². The van der Waals surface area contributed by atoms with Crippen LogP contribution in [0.25, 0.3) is 0 Å². The second-order valence-corrected chi connectivity index (χ2v) is 5.60. The van der Waals surface area contributed by atoms with E-state index in [1.165, 1.54) is 6.92 Å². The topological polar surface area (TPSA) is 71.4 Å². The summed E-state index contributed by atoms with van der Waals surface area (Å²) in [4.78, 5) is 9.84. The SMILES string of the molecule is CC(CS(=O)(=O)c1ccc(F)cc1F)C(=O)O. The van der Waals surface area contributed by atoms with Gasteiger partial charge in [-0.25, -0.2) is 17.2 Å². The van der Waals surface area contributed by atoms with Gasteiger partial charge in [0, 0.05) is 6.07 Å². The predicted molar refractivity (Wildman–Crippen MR) is 55.2 cm³/mol. The minimum atomic E-state index is -4.07. The maximum atomic E-state index is 13.2. The molecular formula is C10H10F2O4S. The molecule has 0 aliphatic carbocycles. The van der Waals surface area contributed by atoms with Crippen molar-refractivity contribution >= 4 is 15.8 Å². The van der Waals surface area contributed by atoms with Gasteiger partial charge in [-0.2, -0.15) is 0 Å². The Morgan fingerprint density at radius 3 is 2.47 bits per heavy atom. The molecule has 0 aliphatic heterocycles. The zero-order valence-corrected chi connectivity index (χ0v) is 9.67. The number of hydrogen-bond donors (Lipinski definition) is 1. The standard InChI is InChI=1S/C10H10F2O4S/c1-6(10(13)14)5-17(15,16)9-3-2-7(11)4-8(9)12/h2-4,6H,5H2,1H3,(H,13,14). The molecule has 1 aromatic rings. The second-order valence-electron chi connectivity index (χ2n) is 3.60. The average molecular weight is 264 g/mol. The zero-order valence-electron chi connectivity index (χ0n) is 8.85. The maximum Gasteiger partial charge on any atom is 0.307 e. The van der Waals surface area contributed by atoms with E-state index in [-0.39, 0.29) is 0 Å². The van der Waals surface area contributed by atoms with Gasteiger partial charge >= 0.3 is 5.97 Å².